The number of methoxy groups -OCH3 is 1. The number of hydrogen-bond donors (Lipinski definition) is 2. The van der Waals surface area contributed by atoms with Gasteiger partial charge in [0.05, 0.1) is 23.4 Å². The van der Waals surface area contributed by atoms with Crippen molar-refractivity contribution in [3.63, 3.8) is 0 Å². The molecule has 0 atom stereocenters. The van der Waals surface area contributed by atoms with E-state index in [0.29, 0.717) is 27.6 Å². The van der Waals surface area contributed by atoms with Crippen molar-refractivity contribution in [2.45, 2.75) is 23.8 Å². The van der Waals surface area contributed by atoms with E-state index in [1.54, 1.807) is 43.5 Å². The summed E-state index contributed by atoms with van der Waals surface area (Å²) in [6.45, 7) is 2.03. The summed E-state index contributed by atoms with van der Waals surface area (Å²) in [7, 11) is -0.0222. The lowest BCUT2D eigenvalue weighted by atomic mass is 10.1. The van der Waals surface area contributed by atoms with Crippen molar-refractivity contribution in [1.29, 1.82) is 0 Å². The molecule has 2 N–H and O–H groups in total. The Labute approximate surface area is 169 Å². The van der Waals surface area contributed by atoms with Crippen molar-refractivity contribution >= 4 is 37.3 Å². The highest BCUT2D eigenvalue weighted by molar-refractivity contribution is 9.10. The van der Waals surface area contributed by atoms with E-state index in [2.05, 4.69) is 37.9 Å². The first-order chi connectivity index (χ1) is 12.9. The summed E-state index contributed by atoms with van der Waals surface area (Å²) in [4.78, 5) is 2.48. The zero-order chi connectivity index (χ0) is 19.4. The highest BCUT2D eigenvalue weighted by atomic mass is 79.9. The zero-order valence-corrected chi connectivity index (χ0v) is 17.8. The number of benzene rings is 2. The number of likely N-dealkylation sites (tertiary alicyclic amines) is 1. The van der Waals surface area contributed by atoms with Crippen molar-refractivity contribution in [2.75, 3.05) is 37.3 Å². The summed E-state index contributed by atoms with van der Waals surface area (Å²) in [6, 6.07) is 12.3. The fraction of sp³-hybridized carbons (Fsp3) is 0.368. The number of anilines is 2. The van der Waals surface area contributed by atoms with Gasteiger partial charge in [0, 0.05) is 10.5 Å². The van der Waals surface area contributed by atoms with Crippen LogP contribution in [0.4, 0.5) is 11.4 Å². The molecule has 0 saturated carbocycles. The normalized spacial score (nSPS) is 16.1. The Morgan fingerprint density at radius 1 is 1.11 bits per heavy atom. The van der Waals surface area contributed by atoms with E-state index in [9.17, 15) is 8.42 Å². The molecule has 0 aromatic heterocycles. The summed E-state index contributed by atoms with van der Waals surface area (Å²) in [6.07, 6.45) is 2.01. The van der Waals surface area contributed by atoms with E-state index in [0.717, 1.165) is 25.9 Å². The molecule has 1 heterocycles. The zero-order valence-electron chi connectivity index (χ0n) is 15.4. The molecule has 2 aromatic carbocycles. The Morgan fingerprint density at radius 3 is 2.48 bits per heavy atom. The number of ether oxygens (including phenoxy) is 1. The van der Waals surface area contributed by atoms with Crippen LogP contribution in [-0.2, 0) is 10.0 Å². The molecule has 8 heteroatoms. The van der Waals surface area contributed by atoms with Gasteiger partial charge in [0.1, 0.15) is 5.75 Å². The number of rotatable bonds is 6. The molecule has 1 aliphatic rings. The van der Waals surface area contributed by atoms with Gasteiger partial charge in [-0.2, -0.15) is 0 Å². The summed E-state index contributed by atoms with van der Waals surface area (Å²) in [5, 5.41) is 3.46. The van der Waals surface area contributed by atoms with Crippen LogP contribution < -0.4 is 14.8 Å². The van der Waals surface area contributed by atoms with Crippen LogP contribution >= 0.6 is 15.9 Å². The predicted molar refractivity (Wildman–Crippen MR) is 112 cm³/mol. The molecule has 27 heavy (non-hydrogen) atoms. The SMILES string of the molecule is COc1ccc(S(=O)(=O)Nc2ccccc2Br)cc1NC1CCN(C)CC1. The standard InChI is InChI=1S/C19H24BrN3O3S/c1-23-11-9-14(10-12-23)21-18-13-15(7-8-19(18)26-2)27(24,25)22-17-6-4-3-5-16(17)20/h3-8,13-14,21-22H,9-12H2,1-2H3. The molecule has 2 aromatic rings. The lowest BCUT2D eigenvalue weighted by molar-refractivity contribution is 0.263. The Bertz CT molecular complexity index is 897. The fourth-order valence-electron chi connectivity index (χ4n) is 3.09. The maximum absolute atomic E-state index is 12.8. The van der Waals surface area contributed by atoms with Crippen LogP contribution in [0.15, 0.2) is 51.8 Å². The second-order valence-corrected chi connectivity index (χ2v) is 9.21. The predicted octanol–water partition coefficient (Wildman–Crippen LogP) is 3.76. The third kappa shape index (κ3) is 4.94. The maximum atomic E-state index is 12.8. The second-order valence-electron chi connectivity index (χ2n) is 6.67. The van der Waals surface area contributed by atoms with Crippen LogP contribution in [0.2, 0.25) is 0 Å². The van der Waals surface area contributed by atoms with Gasteiger partial charge >= 0.3 is 0 Å². The third-order valence-corrected chi connectivity index (χ3v) is 6.73. The molecule has 1 saturated heterocycles. The number of para-hydroxylation sites is 1. The molecular formula is C19H24BrN3O3S. The highest BCUT2D eigenvalue weighted by Gasteiger charge is 2.21. The summed E-state index contributed by atoms with van der Waals surface area (Å²) >= 11 is 3.37. The average molecular weight is 454 g/mol. The van der Waals surface area contributed by atoms with E-state index >= 15 is 0 Å². The Hall–Kier alpha value is -1.77. The topological polar surface area (TPSA) is 70.7 Å². The first-order valence-electron chi connectivity index (χ1n) is 8.79. The molecule has 1 fully saturated rings. The van der Waals surface area contributed by atoms with Crippen LogP contribution in [0, 0.1) is 0 Å². The molecule has 0 radical (unpaired) electrons. The number of sulfonamides is 1. The number of piperidine rings is 1. The van der Waals surface area contributed by atoms with E-state index in [-0.39, 0.29) is 4.90 Å². The number of nitrogens with one attached hydrogen (secondary N) is 2. The monoisotopic (exact) mass is 453 g/mol. The molecule has 3 rings (SSSR count). The van der Waals surface area contributed by atoms with E-state index in [1.807, 2.05) is 6.07 Å². The summed E-state index contributed by atoms with van der Waals surface area (Å²) < 4.78 is 34.4. The first kappa shape index (κ1) is 20.0. The minimum atomic E-state index is -3.72. The van der Waals surface area contributed by atoms with Crippen molar-refractivity contribution in [3.05, 3.63) is 46.9 Å². The number of hydrogen-bond acceptors (Lipinski definition) is 5. The lowest BCUT2D eigenvalue weighted by Crippen LogP contribution is -2.36. The molecule has 0 amide bonds. The maximum Gasteiger partial charge on any atom is 0.262 e. The lowest BCUT2D eigenvalue weighted by Gasteiger charge is -2.30. The van der Waals surface area contributed by atoms with Crippen LogP contribution in [0.1, 0.15) is 12.8 Å². The minimum absolute atomic E-state index is 0.189. The van der Waals surface area contributed by atoms with Crippen molar-refractivity contribution in [2.24, 2.45) is 0 Å². The minimum Gasteiger partial charge on any atom is -0.495 e. The van der Waals surface area contributed by atoms with Gasteiger partial charge in [-0.1, -0.05) is 12.1 Å². The second kappa shape index (κ2) is 8.50. The smallest absolute Gasteiger partial charge is 0.262 e. The van der Waals surface area contributed by atoms with Gasteiger partial charge in [0.25, 0.3) is 10.0 Å². The quantitative estimate of drug-likeness (QED) is 0.696. The van der Waals surface area contributed by atoms with E-state index < -0.39 is 10.0 Å². The Balaban J connectivity index is 1.84. The van der Waals surface area contributed by atoms with Crippen molar-refractivity contribution in [3.8, 4) is 5.75 Å². The summed E-state index contributed by atoms with van der Waals surface area (Å²) in [5.41, 5.74) is 1.19. The molecule has 146 valence electrons. The molecule has 1 aliphatic heterocycles. The van der Waals surface area contributed by atoms with Gasteiger partial charge < -0.3 is 15.0 Å². The fourth-order valence-corrected chi connectivity index (χ4v) is 4.71. The van der Waals surface area contributed by atoms with Gasteiger partial charge in [0.2, 0.25) is 0 Å². The Kier molecular flexibility index (Phi) is 6.29. The molecular weight excluding hydrogens is 430 g/mol. The van der Waals surface area contributed by atoms with Gasteiger partial charge in [-0.25, -0.2) is 8.42 Å². The van der Waals surface area contributed by atoms with E-state index in [1.165, 1.54) is 0 Å². The molecule has 0 spiro atoms. The average Bonchev–Trinajstić information content (AvgIpc) is 2.65. The molecule has 6 nitrogen and oxygen atoms in total. The van der Waals surface area contributed by atoms with Gasteiger partial charge in [0.15, 0.2) is 0 Å². The van der Waals surface area contributed by atoms with Gasteiger partial charge in [-0.3, -0.25) is 4.72 Å². The van der Waals surface area contributed by atoms with Crippen LogP contribution in [0.25, 0.3) is 0 Å². The van der Waals surface area contributed by atoms with Crippen molar-refractivity contribution in [1.82, 2.24) is 4.90 Å². The van der Waals surface area contributed by atoms with Crippen LogP contribution in [0.5, 0.6) is 5.75 Å². The van der Waals surface area contributed by atoms with Crippen LogP contribution in [-0.4, -0.2) is 46.6 Å². The largest absolute Gasteiger partial charge is 0.495 e. The summed E-state index contributed by atoms with van der Waals surface area (Å²) in [5.74, 6) is 0.633. The van der Waals surface area contributed by atoms with Crippen LogP contribution in [0.3, 0.4) is 0 Å². The van der Waals surface area contributed by atoms with E-state index in [4.69, 9.17) is 4.74 Å². The van der Waals surface area contributed by atoms with Crippen molar-refractivity contribution < 1.29 is 13.2 Å². The number of halogens is 1. The number of nitrogens with zero attached hydrogens (tertiary/aromatic N) is 1. The molecule has 0 bridgehead atoms. The van der Waals surface area contributed by atoms with Gasteiger partial charge in [-0.15, -0.1) is 0 Å². The molecule has 0 aliphatic carbocycles. The molecule has 0 unspecified atom stereocenters. The first-order valence-corrected chi connectivity index (χ1v) is 11.1. The van der Waals surface area contributed by atoms with Gasteiger partial charge in [-0.05, 0) is 79.2 Å². The highest BCUT2D eigenvalue weighted by Crippen LogP contribution is 2.31. The third-order valence-electron chi connectivity index (χ3n) is 4.68. The Morgan fingerprint density at radius 2 is 1.81 bits per heavy atom.